The SMILES string of the molecule is O=C(CS(=O)(=O)c1ccc(F)cc1)Nc1ccc2c3c(cccc13)CC2. The maximum atomic E-state index is 13.0. The predicted molar refractivity (Wildman–Crippen MR) is 98.4 cm³/mol. The van der Waals surface area contributed by atoms with E-state index in [1.54, 1.807) is 0 Å². The quantitative estimate of drug-likeness (QED) is 0.716. The molecule has 0 heterocycles. The van der Waals surface area contributed by atoms with Crippen molar-refractivity contribution in [1.29, 1.82) is 0 Å². The van der Waals surface area contributed by atoms with Gasteiger partial charge in [0.1, 0.15) is 11.6 Å². The van der Waals surface area contributed by atoms with Gasteiger partial charge in [-0.1, -0.05) is 24.3 Å². The van der Waals surface area contributed by atoms with E-state index in [1.165, 1.54) is 11.1 Å². The molecule has 4 rings (SSSR count). The van der Waals surface area contributed by atoms with Crippen molar-refractivity contribution in [3.8, 4) is 0 Å². The highest BCUT2D eigenvalue weighted by atomic mass is 32.2. The van der Waals surface area contributed by atoms with Crippen molar-refractivity contribution in [2.45, 2.75) is 17.7 Å². The molecule has 0 spiro atoms. The van der Waals surface area contributed by atoms with Crippen LogP contribution < -0.4 is 5.32 Å². The number of carbonyl (C=O) groups is 1. The fraction of sp³-hybridized carbons (Fsp3) is 0.150. The summed E-state index contributed by atoms with van der Waals surface area (Å²) in [5, 5.41) is 4.78. The number of hydrogen-bond donors (Lipinski definition) is 1. The van der Waals surface area contributed by atoms with Crippen molar-refractivity contribution in [3.05, 3.63) is 71.5 Å². The first-order valence-electron chi connectivity index (χ1n) is 8.26. The molecule has 3 aromatic carbocycles. The summed E-state index contributed by atoms with van der Waals surface area (Å²) in [6, 6.07) is 14.2. The van der Waals surface area contributed by atoms with Crippen molar-refractivity contribution < 1.29 is 17.6 Å². The molecule has 0 atom stereocenters. The minimum absolute atomic E-state index is 0.0746. The van der Waals surface area contributed by atoms with Crippen LogP contribution in [0.1, 0.15) is 11.1 Å². The lowest BCUT2D eigenvalue weighted by Gasteiger charge is -2.11. The third kappa shape index (κ3) is 2.97. The number of carbonyl (C=O) groups excluding carboxylic acids is 1. The van der Waals surface area contributed by atoms with Crippen LogP contribution in [0.2, 0.25) is 0 Å². The maximum absolute atomic E-state index is 13.0. The summed E-state index contributed by atoms with van der Waals surface area (Å²) < 4.78 is 37.7. The standard InChI is InChI=1S/C20H16FNO3S/c21-15-7-9-16(10-8-15)26(24,25)12-19(23)22-18-11-6-14-5-4-13-2-1-3-17(18)20(13)14/h1-3,6-11H,4-5,12H2,(H,22,23). The van der Waals surface area contributed by atoms with Crippen LogP contribution in [0.15, 0.2) is 59.5 Å². The van der Waals surface area contributed by atoms with Crippen LogP contribution in [0.25, 0.3) is 10.8 Å². The van der Waals surface area contributed by atoms with Gasteiger partial charge in [-0.2, -0.15) is 0 Å². The highest BCUT2D eigenvalue weighted by Gasteiger charge is 2.21. The molecule has 0 aromatic heterocycles. The fourth-order valence-corrected chi connectivity index (χ4v) is 4.57. The predicted octanol–water partition coefficient (Wildman–Crippen LogP) is 3.49. The second kappa shape index (κ2) is 6.21. The van der Waals surface area contributed by atoms with Crippen LogP contribution in [-0.2, 0) is 27.5 Å². The molecule has 26 heavy (non-hydrogen) atoms. The van der Waals surface area contributed by atoms with Crippen molar-refractivity contribution in [3.63, 3.8) is 0 Å². The molecule has 6 heteroatoms. The Labute approximate surface area is 150 Å². The van der Waals surface area contributed by atoms with Crippen molar-refractivity contribution >= 4 is 32.2 Å². The van der Waals surface area contributed by atoms with Crippen LogP contribution in [0.5, 0.6) is 0 Å². The third-order valence-corrected chi connectivity index (χ3v) is 6.28. The van der Waals surface area contributed by atoms with Gasteiger partial charge in [0.25, 0.3) is 0 Å². The topological polar surface area (TPSA) is 63.2 Å². The first kappa shape index (κ1) is 16.7. The van der Waals surface area contributed by atoms with Gasteiger partial charge in [0, 0.05) is 11.1 Å². The van der Waals surface area contributed by atoms with Crippen LogP contribution in [-0.4, -0.2) is 20.1 Å². The van der Waals surface area contributed by atoms with Crippen LogP contribution in [0, 0.1) is 5.82 Å². The number of sulfone groups is 1. The van der Waals surface area contributed by atoms with Gasteiger partial charge in [-0.25, -0.2) is 12.8 Å². The highest BCUT2D eigenvalue weighted by Crippen LogP contribution is 2.35. The Kier molecular flexibility index (Phi) is 4.00. The number of halogens is 1. The van der Waals surface area contributed by atoms with Gasteiger partial charge in [-0.15, -0.1) is 0 Å². The minimum Gasteiger partial charge on any atom is -0.325 e. The van der Waals surface area contributed by atoms with Gasteiger partial charge >= 0.3 is 0 Å². The smallest absolute Gasteiger partial charge is 0.239 e. The molecule has 0 fully saturated rings. The zero-order valence-corrected chi connectivity index (χ0v) is 14.6. The first-order valence-corrected chi connectivity index (χ1v) is 9.91. The summed E-state index contributed by atoms with van der Waals surface area (Å²) in [7, 11) is -3.83. The van der Waals surface area contributed by atoms with Crippen molar-refractivity contribution in [2.75, 3.05) is 11.1 Å². The Morgan fingerprint density at radius 1 is 0.962 bits per heavy atom. The van der Waals surface area contributed by atoms with Gasteiger partial charge < -0.3 is 5.32 Å². The summed E-state index contributed by atoms with van der Waals surface area (Å²) in [6.07, 6.45) is 1.95. The van der Waals surface area contributed by atoms with E-state index in [0.717, 1.165) is 47.9 Å². The molecule has 0 unspecified atom stereocenters. The Morgan fingerprint density at radius 2 is 1.65 bits per heavy atom. The zero-order chi connectivity index (χ0) is 18.3. The molecule has 4 nitrogen and oxygen atoms in total. The summed E-state index contributed by atoms with van der Waals surface area (Å²) in [5.41, 5.74) is 3.09. The largest absolute Gasteiger partial charge is 0.325 e. The second-order valence-corrected chi connectivity index (χ2v) is 8.36. The average molecular weight is 369 g/mol. The molecular weight excluding hydrogens is 353 g/mol. The number of rotatable bonds is 4. The number of hydrogen-bond acceptors (Lipinski definition) is 3. The van der Waals surface area contributed by atoms with Crippen LogP contribution >= 0.6 is 0 Å². The van der Waals surface area contributed by atoms with E-state index in [9.17, 15) is 17.6 Å². The average Bonchev–Trinajstić information content (AvgIpc) is 3.02. The first-order chi connectivity index (χ1) is 12.4. The molecule has 0 radical (unpaired) electrons. The molecule has 0 saturated carbocycles. The summed E-state index contributed by atoms with van der Waals surface area (Å²) in [6.45, 7) is 0. The molecular formula is C20H16FNO3S. The maximum Gasteiger partial charge on any atom is 0.239 e. The fourth-order valence-electron chi connectivity index (χ4n) is 3.44. The van der Waals surface area contributed by atoms with Gasteiger partial charge in [-0.05, 0) is 59.7 Å². The normalized spacial score (nSPS) is 13.1. The molecule has 0 saturated heterocycles. The van der Waals surface area contributed by atoms with E-state index in [2.05, 4.69) is 11.4 Å². The number of nitrogens with one attached hydrogen (secondary N) is 1. The van der Waals surface area contributed by atoms with E-state index in [-0.39, 0.29) is 4.90 Å². The van der Waals surface area contributed by atoms with E-state index >= 15 is 0 Å². The Balaban J connectivity index is 1.60. The third-order valence-electron chi connectivity index (χ3n) is 4.64. The summed E-state index contributed by atoms with van der Waals surface area (Å²) in [5.74, 6) is -1.84. The lowest BCUT2D eigenvalue weighted by atomic mass is 10.0. The van der Waals surface area contributed by atoms with E-state index in [0.29, 0.717) is 5.69 Å². The summed E-state index contributed by atoms with van der Waals surface area (Å²) in [4.78, 5) is 12.3. The van der Waals surface area contributed by atoms with Gasteiger partial charge in [-0.3, -0.25) is 4.79 Å². The van der Waals surface area contributed by atoms with Gasteiger partial charge in [0.15, 0.2) is 9.84 Å². The molecule has 3 aromatic rings. The molecule has 0 bridgehead atoms. The monoisotopic (exact) mass is 369 g/mol. The Bertz CT molecular complexity index is 1110. The number of anilines is 1. The zero-order valence-electron chi connectivity index (χ0n) is 13.8. The summed E-state index contributed by atoms with van der Waals surface area (Å²) >= 11 is 0. The molecule has 1 aliphatic carbocycles. The Morgan fingerprint density at radius 3 is 2.38 bits per heavy atom. The molecule has 132 valence electrons. The molecule has 1 N–H and O–H groups in total. The number of aryl methyl sites for hydroxylation is 2. The van der Waals surface area contributed by atoms with Crippen LogP contribution in [0.4, 0.5) is 10.1 Å². The molecule has 0 aliphatic heterocycles. The highest BCUT2D eigenvalue weighted by molar-refractivity contribution is 7.92. The van der Waals surface area contributed by atoms with Gasteiger partial charge in [0.2, 0.25) is 5.91 Å². The minimum atomic E-state index is -3.83. The Hall–Kier alpha value is -2.73. The second-order valence-electron chi connectivity index (χ2n) is 6.37. The van der Waals surface area contributed by atoms with E-state index in [4.69, 9.17) is 0 Å². The van der Waals surface area contributed by atoms with E-state index in [1.807, 2.05) is 24.3 Å². The lowest BCUT2D eigenvalue weighted by Crippen LogP contribution is -2.23. The number of benzene rings is 3. The van der Waals surface area contributed by atoms with Gasteiger partial charge in [0.05, 0.1) is 4.90 Å². The lowest BCUT2D eigenvalue weighted by molar-refractivity contribution is -0.113. The molecule has 1 amide bonds. The van der Waals surface area contributed by atoms with Crippen LogP contribution in [0.3, 0.4) is 0 Å². The van der Waals surface area contributed by atoms with Crippen molar-refractivity contribution in [2.24, 2.45) is 0 Å². The van der Waals surface area contributed by atoms with Crippen molar-refractivity contribution in [1.82, 2.24) is 0 Å². The number of amides is 1. The molecule has 1 aliphatic rings. The van der Waals surface area contributed by atoms with E-state index < -0.39 is 27.3 Å².